The normalized spacial score (nSPS) is 14.2. The van der Waals surface area contributed by atoms with Crippen molar-refractivity contribution in [2.24, 2.45) is 0 Å². The first kappa shape index (κ1) is 14.7. The summed E-state index contributed by atoms with van der Waals surface area (Å²) in [7, 11) is 0. The van der Waals surface area contributed by atoms with Gasteiger partial charge in [0, 0.05) is 18.9 Å². The average molecular weight is 253 g/mol. The lowest BCUT2D eigenvalue weighted by Crippen LogP contribution is -2.51. The van der Waals surface area contributed by atoms with Crippen molar-refractivity contribution in [1.82, 2.24) is 15.1 Å². The second-order valence-electron chi connectivity index (χ2n) is 4.50. The number of carbonyl (C=O) groups is 1. The summed E-state index contributed by atoms with van der Waals surface area (Å²) in [6.07, 6.45) is 5.27. The number of nitrogens with one attached hydrogen (secondary N) is 1. The van der Waals surface area contributed by atoms with Crippen LogP contribution in [0.5, 0.6) is 0 Å². The zero-order valence-corrected chi connectivity index (χ0v) is 11.5. The van der Waals surface area contributed by atoms with Crippen molar-refractivity contribution in [2.45, 2.75) is 45.7 Å². The topological polar surface area (TPSA) is 56.2 Å². The van der Waals surface area contributed by atoms with Crippen LogP contribution >= 0.6 is 0 Å². The molecule has 0 saturated carbocycles. The minimum absolute atomic E-state index is 0.189. The van der Waals surface area contributed by atoms with Gasteiger partial charge >= 0.3 is 5.97 Å². The fourth-order valence-corrected chi connectivity index (χ4v) is 1.72. The van der Waals surface area contributed by atoms with E-state index in [4.69, 9.17) is 4.74 Å². The maximum absolute atomic E-state index is 12.0. The molecule has 0 radical (unpaired) electrons. The molecule has 0 fully saturated rings. The molecule has 0 aromatic carbocycles. The van der Waals surface area contributed by atoms with Crippen LogP contribution in [0.2, 0.25) is 0 Å². The van der Waals surface area contributed by atoms with Crippen molar-refractivity contribution < 1.29 is 9.53 Å². The molecule has 0 spiro atoms. The second kappa shape index (κ2) is 7.16. The molecule has 1 atom stereocenters. The molecule has 5 heteroatoms. The van der Waals surface area contributed by atoms with Gasteiger partial charge in [0.05, 0.1) is 6.61 Å². The van der Waals surface area contributed by atoms with Crippen molar-refractivity contribution in [1.29, 1.82) is 0 Å². The maximum Gasteiger partial charge on any atom is 0.326 e. The highest BCUT2D eigenvalue weighted by Gasteiger charge is 2.33. The molecule has 0 aliphatic carbocycles. The van der Waals surface area contributed by atoms with Gasteiger partial charge in [0.1, 0.15) is 5.54 Å². The van der Waals surface area contributed by atoms with E-state index in [0.717, 1.165) is 13.0 Å². The van der Waals surface area contributed by atoms with E-state index in [0.29, 0.717) is 19.6 Å². The summed E-state index contributed by atoms with van der Waals surface area (Å²) in [6.45, 7) is 7.69. The van der Waals surface area contributed by atoms with Crippen molar-refractivity contribution in [3.63, 3.8) is 0 Å². The number of nitrogens with zero attached hydrogens (tertiary/aromatic N) is 2. The van der Waals surface area contributed by atoms with Crippen LogP contribution in [-0.4, -0.2) is 34.4 Å². The highest BCUT2D eigenvalue weighted by atomic mass is 16.5. The predicted molar refractivity (Wildman–Crippen MR) is 70.2 cm³/mol. The van der Waals surface area contributed by atoms with Gasteiger partial charge in [-0.1, -0.05) is 6.92 Å². The van der Waals surface area contributed by atoms with Gasteiger partial charge in [-0.15, -0.1) is 0 Å². The summed E-state index contributed by atoms with van der Waals surface area (Å²) in [6, 6.07) is 1.88. The van der Waals surface area contributed by atoms with Crippen molar-refractivity contribution in [3.8, 4) is 0 Å². The Bertz CT molecular complexity index is 351. The Morgan fingerprint density at radius 3 is 2.83 bits per heavy atom. The van der Waals surface area contributed by atoms with E-state index in [1.807, 2.05) is 30.8 Å². The second-order valence-corrected chi connectivity index (χ2v) is 4.50. The molecular weight excluding hydrogens is 230 g/mol. The number of esters is 1. The summed E-state index contributed by atoms with van der Waals surface area (Å²) < 4.78 is 6.97. The molecule has 5 nitrogen and oxygen atoms in total. The summed E-state index contributed by atoms with van der Waals surface area (Å²) in [5, 5.41) is 7.42. The van der Waals surface area contributed by atoms with Crippen LogP contribution in [0.25, 0.3) is 0 Å². The van der Waals surface area contributed by atoms with E-state index in [9.17, 15) is 4.79 Å². The van der Waals surface area contributed by atoms with E-state index in [-0.39, 0.29) is 5.97 Å². The van der Waals surface area contributed by atoms with Gasteiger partial charge in [0.25, 0.3) is 0 Å². The smallest absolute Gasteiger partial charge is 0.326 e. The third-order valence-corrected chi connectivity index (χ3v) is 2.89. The Morgan fingerprint density at radius 2 is 2.28 bits per heavy atom. The van der Waals surface area contributed by atoms with Gasteiger partial charge in [-0.3, -0.25) is 9.48 Å². The molecule has 18 heavy (non-hydrogen) atoms. The van der Waals surface area contributed by atoms with Crippen LogP contribution in [0, 0.1) is 0 Å². The van der Waals surface area contributed by atoms with Gasteiger partial charge in [0.2, 0.25) is 0 Å². The van der Waals surface area contributed by atoms with Crippen LogP contribution < -0.4 is 5.32 Å². The minimum Gasteiger partial charge on any atom is -0.465 e. The monoisotopic (exact) mass is 253 g/mol. The number of rotatable bonds is 8. The summed E-state index contributed by atoms with van der Waals surface area (Å²) in [5.41, 5.74) is -0.641. The van der Waals surface area contributed by atoms with E-state index < -0.39 is 5.54 Å². The first-order valence-electron chi connectivity index (χ1n) is 6.52. The quantitative estimate of drug-likeness (QED) is 0.715. The van der Waals surface area contributed by atoms with Crippen molar-refractivity contribution in [3.05, 3.63) is 18.5 Å². The van der Waals surface area contributed by atoms with Gasteiger partial charge in [-0.2, -0.15) is 5.10 Å². The zero-order chi connectivity index (χ0) is 13.4. The lowest BCUT2D eigenvalue weighted by molar-refractivity contribution is -0.151. The molecule has 0 aliphatic heterocycles. The molecule has 1 heterocycles. The number of hydrogen-bond donors (Lipinski definition) is 1. The Labute approximate surface area is 109 Å². The highest BCUT2D eigenvalue weighted by Crippen LogP contribution is 2.14. The van der Waals surface area contributed by atoms with Gasteiger partial charge in [-0.25, -0.2) is 0 Å². The molecular formula is C13H23N3O2. The van der Waals surface area contributed by atoms with E-state index in [2.05, 4.69) is 17.3 Å². The number of aryl methyl sites for hydroxylation is 1. The first-order valence-corrected chi connectivity index (χ1v) is 6.52. The molecule has 1 N–H and O–H groups in total. The molecule has 0 saturated heterocycles. The number of aromatic nitrogens is 2. The minimum atomic E-state index is -0.641. The van der Waals surface area contributed by atoms with Crippen LogP contribution in [0.3, 0.4) is 0 Å². The third-order valence-electron chi connectivity index (χ3n) is 2.89. The molecule has 1 aromatic rings. The van der Waals surface area contributed by atoms with Crippen LogP contribution in [0.1, 0.15) is 33.6 Å². The lowest BCUT2D eigenvalue weighted by Gasteiger charge is -2.28. The van der Waals surface area contributed by atoms with E-state index >= 15 is 0 Å². The largest absolute Gasteiger partial charge is 0.465 e. The molecule has 0 amide bonds. The van der Waals surface area contributed by atoms with Gasteiger partial charge in [0.15, 0.2) is 0 Å². The standard InChI is InChI=1S/C13H23N3O2/c1-4-8-14-13(3,12(17)18-5-2)7-11-16-10-6-9-15-16/h6,9-10,14H,4-5,7-8,11H2,1-3H3. The molecule has 1 rings (SSSR count). The fraction of sp³-hybridized carbons (Fsp3) is 0.692. The molecule has 1 unspecified atom stereocenters. The van der Waals surface area contributed by atoms with Gasteiger partial charge < -0.3 is 10.1 Å². The number of ether oxygens (including phenoxy) is 1. The summed E-state index contributed by atoms with van der Waals surface area (Å²) >= 11 is 0. The van der Waals surface area contributed by atoms with Crippen LogP contribution in [0.4, 0.5) is 0 Å². The molecule has 102 valence electrons. The number of hydrogen-bond acceptors (Lipinski definition) is 4. The van der Waals surface area contributed by atoms with Crippen molar-refractivity contribution >= 4 is 5.97 Å². The third kappa shape index (κ3) is 4.14. The molecule has 0 aliphatic rings. The Hall–Kier alpha value is -1.36. The number of carbonyl (C=O) groups excluding carboxylic acids is 1. The Kier molecular flexibility index (Phi) is 5.85. The zero-order valence-electron chi connectivity index (χ0n) is 11.5. The maximum atomic E-state index is 12.0. The first-order chi connectivity index (χ1) is 8.62. The van der Waals surface area contributed by atoms with Gasteiger partial charge in [-0.05, 0) is 39.3 Å². The van der Waals surface area contributed by atoms with Crippen LogP contribution in [0.15, 0.2) is 18.5 Å². The van der Waals surface area contributed by atoms with E-state index in [1.54, 1.807) is 6.20 Å². The fourth-order valence-electron chi connectivity index (χ4n) is 1.72. The molecule has 1 aromatic heterocycles. The summed E-state index contributed by atoms with van der Waals surface area (Å²) in [4.78, 5) is 12.0. The SMILES string of the molecule is CCCNC(C)(CCn1cccn1)C(=O)OCC. The summed E-state index contributed by atoms with van der Waals surface area (Å²) in [5.74, 6) is -0.189. The predicted octanol–water partition coefficient (Wildman–Crippen LogP) is 1.59. The Balaban J connectivity index is 2.61. The Morgan fingerprint density at radius 1 is 1.50 bits per heavy atom. The highest BCUT2D eigenvalue weighted by molar-refractivity contribution is 5.80. The van der Waals surface area contributed by atoms with Crippen LogP contribution in [-0.2, 0) is 16.1 Å². The van der Waals surface area contributed by atoms with Crippen molar-refractivity contribution in [2.75, 3.05) is 13.2 Å². The molecule has 0 bridgehead atoms. The average Bonchev–Trinajstić information content (AvgIpc) is 2.87. The van der Waals surface area contributed by atoms with E-state index in [1.165, 1.54) is 0 Å². The lowest BCUT2D eigenvalue weighted by atomic mass is 9.97.